The summed E-state index contributed by atoms with van der Waals surface area (Å²) in [6, 6.07) is 6.69. The third kappa shape index (κ3) is 3.30. The van der Waals surface area contributed by atoms with Crippen LogP contribution in [0.1, 0.15) is 19.0 Å². The Morgan fingerprint density at radius 2 is 2.00 bits per heavy atom. The van der Waals surface area contributed by atoms with Gasteiger partial charge in [0.1, 0.15) is 5.75 Å². The first-order valence-electron chi connectivity index (χ1n) is 6.89. The first-order valence-corrected chi connectivity index (χ1v) is 6.89. The molecule has 2 rings (SSSR count). The summed E-state index contributed by atoms with van der Waals surface area (Å²) >= 11 is 0. The molecule has 7 heteroatoms. The van der Waals surface area contributed by atoms with Crippen molar-refractivity contribution in [2.45, 2.75) is 19.8 Å². The van der Waals surface area contributed by atoms with Crippen molar-refractivity contribution in [1.82, 2.24) is 9.55 Å². The molecule has 0 radical (unpaired) electrons. The fourth-order valence-corrected chi connectivity index (χ4v) is 2.08. The molecule has 118 valence electrons. The van der Waals surface area contributed by atoms with E-state index in [0.29, 0.717) is 23.7 Å². The Hall–Kier alpha value is -2.70. The monoisotopic (exact) mass is 306 g/mol. The van der Waals surface area contributed by atoms with Gasteiger partial charge in [-0.05, 0) is 31.2 Å². The number of hydrogen-bond donors (Lipinski definition) is 2. The van der Waals surface area contributed by atoms with Crippen molar-refractivity contribution in [2.24, 2.45) is 0 Å². The summed E-state index contributed by atoms with van der Waals surface area (Å²) in [5.74, 6) is 0.0637. The molecule has 0 amide bonds. The predicted molar refractivity (Wildman–Crippen MR) is 79.6 cm³/mol. The van der Waals surface area contributed by atoms with E-state index in [0.717, 1.165) is 4.57 Å². The van der Waals surface area contributed by atoms with E-state index in [4.69, 9.17) is 9.47 Å². The minimum atomic E-state index is -0.471. The van der Waals surface area contributed by atoms with Gasteiger partial charge in [0.2, 0.25) is 5.88 Å². The van der Waals surface area contributed by atoms with Crippen LogP contribution in [-0.2, 0) is 16.0 Å². The Bertz CT molecular complexity index is 700. The molecule has 0 aliphatic rings. The zero-order valence-electron chi connectivity index (χ0n) is 12.5. The number of imidazole rings is 1. The van der Waals surface area contributed by atoms with E-state index in [1.54, 1.807) is 38.3 Å². The molecule has 22 heavy (non-hydrogen) atoms. The van der Waals surface area contributed by atoms with E-state index in [1.165, 1.54) is 0 Å². The summed E-state index contributed by atoms with van der Waals surface area (Å²) < 4.78 is 11.0. The van der Waals surface area contributed by atoms with E-state index in [1.807, 2.05) is 0 Å². The maximum absolute atomic E-state index is 12.0. The molecule has 1 aromatic carbocycles. The van der Waals surface area contributed by atoms with Crippen molar-refractivity contribution in [3.05, 3.63) is 40.4 Å². The lowest BCUT2D eigenvalue weighted by molar-refractivity contribution is -0.143. The van der Waals surface area contributed by atoms with Gasteiger partial charge in [-0.15, -0.1) is 0 Å². The molecule has 0 saturated carbocycles. The largest absolute Gasteiger partial charge is 0.497 e. The van der Waals surface area contributed by atoms with Crippen molar-refractivity contribution in [3.63, 3.8) is 0 Å². The van der Waals surface area contributed by atoms with Crippen LogP contribution >= 0.6 is 0 Å². The van der Waals surface area contributed by atoms with Crippen molar-refractivity contribution in [2.75, 3.05) is 13.7 Å². The second-order valence-electron chi connectivity index (χ2n) is 4.57. The number of aromatic amines is 1. The number of benzene rings is 1. The Kier molecular flexibility index (Phi) is 4.88. The van der Waals surface area contributed by atoms with Crippen LogP contribution in [0.5, 0.6) is 11.6 Å². The number of rotatable bonds is 6. The minimum Gasteiger partial charge on any atom is -0.497 e. The number of carbonyl (C=O) groups is 1. The van der Waals surface area contributed by atoms with Crippen molar-refractivity contribution in [1.29, 1.82) is 0 Å². The van der Waals surface area contributed by atoms with Crippen LogP contribution in [0, 0.1) is 0 Å². The summed E-state index contributed by atoms with van der Waals surface area (Å²) in [5.41, 5.74) is 0.331. The van der Waals surface area contributed by atoms with Gasteiger partial charge in [0, 0.05) is 6.42 Å². The smallest absolute Gasteiger partial charge is 0.333 e. The molecule has 0 bridgehead atoms. The molecule has 1 aromatic heterocycles. The molecule has 0 atom stereocenters. The van der Waals surface area contributed by atoms with E-state index in [2.05, 4.69) is 4.98 Å². The number of aryl methyl sites for hydroxylation is 1. The third-order valence-electron chi connectivity index (χ3n) is 3.16. The molecule has 2 aromatic rings. The van der Waals surface area contributed by atoms with Gasteiger partial charge in [0.25, 0.3) is 0 Å². The van der Waals surface area contributed by atoms with Gasteiger partial charge in [-0.1, -0.05) is 0 Å². The van der Waals surface area contributed by atoms with E-state index >= 15 is 0 Å². The van der Waals surface area contributed by atoms with Crippen LogP contribution in [0.25, 0.3) is 5.69 Å². The fraction of sp³-hybridized carbons (Fsp3) is 0.333. The van der Waals surface area contributed by atoms with Crippen molar-refractivity contribution in [3.8, 4) is 17.3 Å². The zero-order chi connectivity index (χ0) is 16.1. The Morgan fingerprint density at radius 1 is 1.32 bits per heavy atom. The highest BCUT2D eigenvalue weighted by Crippen LogP contribution is 2.21. The molecule has 0 aliphatic heterocycles. The number of hydrogen-bond acceptors (Lipinski definition) is 5. The van der Waals surface area contributed by atoms with Crippen LogP contribution in [-0.4, -0.2) is 34.3 Å². The first-order chi connectivity index (χ1) is 10.6. The van der Waals surface area contributed by atoms with Gasteiger partial charge >= 0.3 is 11.7 Å². The molecular weight excluding hydrogens is 288 g/mol. The molecule has 1 heterocycles. The van der Waals surface area contributed by atoms with Crippen LogP contribution in [0.3, 0.4) is 0 Å². The molecule has 0 unspecified atom stereocenters. The van der Waals surface area contributed by atoms with E-state index in [-0.39, 0.29) is 24.7 Å². The van der Waals surface area contributed by atoms with Gasteiger partial charge in [0.15, 0.2) is 0 Å². The van der Waals surface area contributed by atoms with Gasteiger partial charge in [-0.3, -0.25) is 4.79 Å². The lowest BCUT2D eigenvalue weighted by Crippen LogP contribution is -2.14. The summed E-state index contributed by atoms with van der Waals surface area (Å²) in [6.07, 6.45) is 0.285. The minimum absolute atomic E-state index is 0.0873. The fourth-order valence-electron chi connectivity index (χ4n) is 2.08. The number of H-pyrrole nitrogens is 1. The molecular formula is C15H18N2O5. The second kappa shape index (κ2) is 6.84. The number of ether oxygens (including phenoxy) is 2. The predicted octanol–water partition coefficient (Wildman–Crippen LogP) is 1.38. The number of methoxy groups -OCH3 is 1. The lowest BCUT2D eigenvalue weighted by atomic mass is 10.2. The van der Waals surface area contributed by atoms with Crippen LogP contribution in [0.4, 0.5) is 0 Å². The Balaban J connectivity index is 2.22. The second-order valence-corrected chi connectivity index (χ2v) is 4.57. The average Bonchev–Trinajstić information content (AvgIpc) is 2.80. The third-order valence-corrected chi connectivity index (χ3v) is 3.16. The highest BCUT2D eigenvalue weighted by molar-refractivity contribution is 5.69. The number of nitrogens with one attached hydrogen (secondary N) is 1. The first kappa shape index (κ1) is 15.7. The lowest BCUT2D eigenvalue weighted by Gasteiger charge is -2.05. The van der Waals surface area contributed by atoms with Gasteiger partial charge in [0.05, 0.1) is 31.5 Å². The van der Waals surface area contributed by atoms with E-state index < -0.39 is 5.69 Å². The summed E-state index contributed by atoms with van der Waals surface area (Å²) in [7, 11) is 1.54. The van der Waals surface area contributed by atoms with Crippen LogP contribution in [0.2, 0.25) is 0 Å². The standard InChI is InChI=1S/C15H18N2O5/c1-3-22-13(18)9-8-12-14(19)17(15(20)16-12)10-4-6-11(21-2)7-5-10/h4-7,19H,3,8-9H2,1-2H3,(H,16,20). The van der Waals surface area contributed by atoms with Gasteiger partial charge in [-0.2, -0.15) is 0 Å². The maximum Gasteiger partial charge on any atom is 0.333 e. The number of aromatic hydroxyl groups is 1. The summed E-state index contributed by atoms with van der Waals surface area (Å²) in [6.45, 7) is 2.02. The van der Waals surface area contributed by atoms with Crippen LogP contribution in [0.15, 0.2) is 29.1 Å². The van der Waals surface area contributed by atoms with Gasteiger partial charge in [-0.25, -0.2) is 9.36 Å². The molecule has 0 spiro atoms. The molecule has 0 fully saturated rings. The highest BCUT2D eigenvalue weighted by Gasteiger charge is 2.16. The normalized spacial score (nSPS) is 10.5. The van der Waals surface area contributed by atoms with Crippen molar-refractivity contribution >= 4 is 5.97 Å². The maximum atomic E-state index is 12.0. The number of esters is 1. The van der Waals surface area contributed by atoms with Gasteiger partial charge < -0.3 is 19.6 Å². The molecule has 7 nitrogen and oxygen atoms in total. The van der Waals surface area contributed by atoms with Crippen molar-refractivity contribution < 1.29 is 19.4 Å². The number of nitrogens with zero attached hydrogens (tertiary/aromatic N) is 1. The van der Waals surface area contributed by atoms with Crippen LogP contribution < -0.4 is 10.4 Å². The topological polar surface area (TPSA) is 93.6 Å². The number of aromatic nitrogens is 2. The quantitative estimate of drug-likeness (QED) is 0.786. The number of carbonyl (C=O) groups excluding carboxylic acids is 1. The molecule has 0 saturated heterocycles. The summed E-state index contributed by atoms with van der Waals surface area (Å²) in [5, 5.41) is 10.2. The Morgan fingerprint density at radius 3 is 2.59 bits per heavy atom. The Labute approximate surface area is 127 Å². The van der Waals surface area contributed by atoms with E-state index in [9.17, 15) is 14.7 Å². The zero-order valence-corrected chi connectivity index (χ0v) is 12.5. The molecule has 2 N–H and O–H groups in total. The molecule has 0 aliphatic carbocycles. The highest BCUT2D eigenvalue weighted by atomic mass is 16.5. The SMILES string of the molecule is CCOC(=O)CCc1[nH]c(=O)n(-c2ccc(OC)cc2)c1O. The average molecular weight is 306 g/mol. The summed E-state index contributed by atoms with van der Waals surface area (Å²) in [4.78, 5) is 25.9.